The minimum Gasteiger partial charge on any atom is -0.478 e. The maximum Gasteiger partial charge on any atom is 0.337 e. The van der Waals surface area contributed by atoms with Crippen LogP contribution in [0.25, 0.3) is 0 Å². The number of ether oxygens (including phenoxy) is 1. The first kappa shape index (κ1) is 13.1. The first-order chi connectivity index (χ1) is 8.68. The molecule has 1 aromatic rings. The molecule has 1 aliphatic heterocycles. The molecular formula is C12H15ClN2O3. The number of carboxylic acid groups (broad SMARTS) is 1. The van der Waals surface area contributed by atoms with Crippen LogP contribution in [0.4, 0.5) is 5.82 Å². The normalized spacial score (nSPS) is 19.5. The van der Waals surface area contributed by atoms with Crippen LogP contribution >= 0.6 is 11.6 Å². The number of nitrogens with one attached hydrogen (secondary N) is 1. The number of aromatic nitrogens is 1. The topological polar surface area (TPSA) is 71.5 Å². The molecule has 1 atom stereocenters. The van der Waals surface area contributed by atoms with Crippen molar-refractivity contribution in [3.8, 4) is 0 Å². The third-order valence-electron chi connectivity index (χ3n) is 2.93. The van der Waals surface area contributed by atoms with Gasteiger partial charge < -0.3 is 15.2 Å². The lowest BCUT2D eigenvalue weighted by atomic mass is 10.0. The maximum atomic E-state index is 10.9. The van der Waals surface area contributed by atoms with Gasteiger partial charge in [-0.25, -0.2) is 9.78 Å². The number of nitrogens with zero attached hydrogens (tertiary/aromatic N) is 1. The predicted molar refractivity (Wildman–Crippen MR) is 68.2 cm³/mol. The number of anilines is 1. The standard InChI is InChI=1S/C12H15ClN2O3/c13-10-9(12(16)17)3-4-14-11(10)15-6-8-2-1-5-18-7-8/h3-4,8H,1-2,5-7H2,(H,14,15)(H,16,17). The average molecular weight is 271 g/mol. The number of hydrogen-bond donors (Lipinski definition) is 2. The molecule has 1 saturated heterocycles. The molecule has 1 unspecified atom stereocenters. The second kappa shape index (κ2) is 6.02. The molecule has 2 N–H and O–H groups in total. The summed E-state index contributed by atoms with van der Waals surface area (Å²) in [6.45, 7) is 2.24. The molecule has 0 saturated carbocycles. The van der Waals surface area contributed by atoms with Crippen LogP contribution in [0.2, 0.25) is 5.02 Å². The van der Waals surface area contributed by atoms with Crippen LogP contribution < -0.4 is 5.32 Å². The molecule has 1 aliphatic rings. The van der Waals surface area contributed by atoms with E-state index in [-0.39, 0.29) is 10.6 Å². The zero-order valence-corrected chi connectivity index (χ0v) is 10.6. The summed E-state index contributed by atoms with van der Waals surface area (Å²) in [4.78, 5) is 15.0. The van der Waals surface area contributed by atoms with Gasteiger partial charge in [-0.05, 0) is 24.8 Å². The molecule has 0 radical (unpaired) electrons. The molecule has 2 rings (SSSR count). The van der Waals surface area contributed by atoms with E-state index in [0.717, 1.165) is 26.1 Å². The predicted octanol–water partition coefficient (Wildman–Crippen LogP) is 2.27. The van der Waals surface area contributed by atoms with E-state index >= 15 is 0 Å². The van der Waals surface area contributed by atoms with Crippen molar-refractivity contribution in [2.45, 2.75) is 12.8 Å². The summed E-state index contributed by atoms with van der Waals surface area (Å²) in [6, 6.07) is 1.39. The highest BCUT2D eigenvalue weighted by Crippen LogP contribution is 2.24. The molecule has 0 spiro atoms. The van der Waals surface area contributed by atoms with Gasteiger partial charge in [0, 0.05) is 19.3 Å². The van der Waals surface area contributed by atoms with Crippen molar-refractivity contribution in [1.29, 1.82) is 0 Å². The largest absolute Gasteiger partial charge is 0.478 e. The Bertz CT molecular complexity index is 433. The van der Waals surface area contributed by atoms with Crippen LogP contribution in [0.1, 0.15) is 23.2 Å². The van der Waals surface area contributed by atoms with Crippen molar-refractivity contribution in [2.24, 2.45) is 5.92 Å². The van der Waals surface area contributed by atoms with E-state index in [1.165, 1.54) is 12.3 Å². The number of carboxylic acids is 1. The van der Waals surface area contributed by atoms with Gasteiger partial charge in [0.1, 0.15) is 5.82 Å². The minimum atomic E-state index is -1.05. The second-order valence-corrected chi connectivity index (χ2v) is 4.67. The highest BCUT2D eigenvalue weighted by atomic mass is 35.5. The van der Waals surface area contributed by atoms with Gasteiger partial charge in [0.2, 0.25) is 0 Å². The molecule has 0 aromatic carbocycles. The summed E-state index contributed by atoms with van der Waals surface area (Å²) in [5.74, 6) is -0.210. The molecule has 98 valence electrons. The molecule has 0 bridgehead atoms. The van der Waals surface area contributed by atoms with E-state index in [9.17, 15) is 4.79 Å². The van der Waals surface area contributed by atoms with Gasteiger partial charge in [-0.15, -0.1) is 0 Å². The third kappa shape index (κ3) is 3.11. The quantitative estimate of drug-likeness (QED) is 0.878. The van der Waals surface area contributed by atoms with Crippen molar-refractivity contribution >= 4 is 23.4 Å². The van der Waals surface area contributed by atoms with E-state index in [2.05, 4.69) is 10.3 Å². The Hall–Kier alpha value is -1.33. The van der Waals surface area contributed by atoms with Crippen molar-refractivity contribution in [1.82, 2.24) is 4.98 Å². The monoisotopic (exact) mass is 270 g/mol. The van der Waals surface area contributed by atoms with Crippen LogP contribution in [0.15, 0.2) is 12.3 Å². The number of rotatable bonds is 4. The molecule has 18 heavy (non-hydrogen) atoms. The lowest BCUT2D eigenvalue weighted by molar-refractivity contribution is 0.0594. The maximum absolute atomic E-state index is 10.9. The van der Waals surface area contributed by atoms with E-state index in [4.69, 9.17) is 21.4 Å². The molecule has 5 nitrogen and oxygen atoms in total. The van der Waals surface area contributed by atoms with Gasteiger partial charge in [0.15, 0.2) is 0 Å². The lowest BCUT2D eigenvalue weighted by Crippen LogP contribution is -2.24. The van der Waals surface area contributed by atoms with E-state index in [1.54, 1.807) is 0 Å². The Morgan fingerprint density at radius 1 is 1.67 bits per heavy atom. The number of pyridine rings is 1. The molecule has 2 heterocycles. The van der Waals surface area contributed by atoms with Crippen LogP contribution in [-0.4, -0.2) is 35.8 Å². The zero-order chi connectivity index (χ0) is 13.0. The Morgan fingerprint density at radius 2 is 2.50 bits per heavy atom. The van der Waals surface area contributed by atoms with Crippen molar-refractivity contribution in [2.75, 3.05) is 25.1 Å². The van der Waals surface area contributed by atoms with Gasteiger partial charge in [-0.3, -0.25) is 0 Å². The van der Waals surface area contributed by atoms with Crippen molar-refractivity contribution in [3.05, 3.63) is 22.8 Å². The Labute approximate surface area is 110 Å². The van der Waals surface area contributed by atoms with Crippen LogP contribution in [0, 0.1) is 5.92 Å². The van der Waals surface area contributed by atoms with Crippen LogP contribution in [0.5, 0.6) is 0 Å². The lowest BCUT2D eigenvalue weighted by Gasteiger charge is -2.22. The van der Waals surface area contributed by atoms with Gasteiger partial charge >= 0.3 is 5.97 Å². The summed E-state index contributed by atoms with van der Waals surface area (Å²) in [5.41, 5.74) is 0.0639. The van der Waals surface area contributed by atoms with Gasteiger partial charge in [0.05, 0.1) is 17.2 Å². The Kier molecular flexibility index (Phi) is 4.38. The molecule has 0 aliphatic carbocycles. The first-order valence-electron chi connectivity index (χ1n) is 5.88. The fraction of sp³-hybridized carbons (Fsp3) is 0.500. The van der Waals surface area contributed by atoms with E-state index in [0.29, 0.717) is 18.3 Å². The third-order valence-corrected chi connectivity index (χ3v) is 3.32. The minimum absolute atomic E-state index is 0.0639. The van der Waals surface area contributed by atoms with Crippen LogP contribution in [0.3, 0.4) is 0 Å². The SMILES string of the molecule is O=C(O)c1ccnc(NCC2CCCOC2)c1Cl. The van der Waals surface area contributed by atoms with E-state index < -0.39 is 5.97 Å². The number of aromatic carboxylic acids is 1. The van der Waals surface area contributed by atoms with Gasteiger partial charge in [-0.2, -0.15) is 0 Å². The summed E-state index contributed by atoms with van der Waals surface area (Å²) in [7, 11) is 0. The number of hydrogen-bond acceptors (Lipinski definition) is 4. The van der Waals surface area contributed by atoms with Crippen molar-refractivity contribution < 1.29 is 14.6 Å². The fourth-order valence-corrected chi connectivity index (χ4v) is 2.20. The summed E-state index contributed by atoms with van der Waals surface area (Å²) >= 11 is 5.98. The summed E-state index contributed by atoms with van der Waals surface area (Å²) in [5, 5.41) is 12.2. The molecule has 1 fully saturated rings. The average Bonchev–Trinajstić information content (AvgIpc) is 2.38. The van der Waals surface area contributed by atoms with Crippen LogP contribution in [-0.2, 0) is 4.74 Å². The molecule has 0 amide bonds. The number of halogens is 1. The molecule has 1 aromatic heterocycles. The second-order valence-electron chi connectivity index (χ2n) is 4.29. The zero-order valence-electron chi connectivity index (χ0n) is 9.86. The summed E-state index contributed by atoms with van der Waals surface area (Å²) in [6.07, 6.45) is 3.60. The van der Waals surface area contributed by atoms with Gasteiger partial charge in [-0.1, -0.05) is 11.6 Å². The van der Waals surface area contributed by atoms with Gasteiger partial charge in [0.25, 0.3) is 0 Å². The highest BCUT2D eigenvalue weighted by Gasteiger charge is 2.16. The Morgan fingerprint density at radius 3 is 3.17 bits per heavy atom. The van der Waals surface area contributed by atoms with E-state index in [1.807, 2.05) is 0 Å². The summed E-state index contributed by atoms with van der Waals surface area (Å²) < 4.78 is 5.38. The number of carbonyl (C=O) groups is 1. The first-order valence-corrected chi connectivity index (χ1v) is 6.25. The highest BCUT2D eigenvalue weighted by molar-refractivity contribution is 6.35. The molecular weight excluding hydrogens is 256 g/mol. The smallest absolute Gasteiger partial charge is 0.337 e. The fourth-order valence-electron chi connectivity index (χ4n) is 1.94. The van der Waals surface area contributed by atoms with Crippen molar-refractivity contribution in [3.63, 3.8) is 0 Å². The molecule has 6 heteroatoms. The Balaban J connectivity index is 2.00.